The Labute approximate surface area is 204 Å². The number of amides is 1. The summed E-state index contributed by atoms with van der Waals surface area (Å²) in [4.78, 5) is 19.4. The SMILES string of the molecule is C1CCCCC1.COc1ccccc1C1CCN(C[C@@H](Cc2ccncc2)N(C)C(=O)O)CC1. The van der Waals surface area contributed by atoms with Crippen molar-refractivity contribution < 1.29 is 14.6 Å². The van der Waals surface area contributed by atoms with E-state index >= 15 is 0 Å². The maximum Gasteiger partial charge on any atom is 0.407 e. The van der Waals surface area contributed by atoms with E-state index in [2.05, 4.69) is 22.0 Å². The molecule has 1 aromatic heterocycles. The summed E-state index contributed by atoms with van der Waals surface area (Å²) in [5.41, 5.74) is 2.39. The van der Waals surface area contributed by atoms with Gasteiger partial charge in [-0.3, -0.25) is 4.98 Å². The zero-order valence-corrected chi connectivity index (χ0v) is 20.9. The fourth-order valence-electron chi connectivity index (χ4n) is 5.06. The average molecular weight is 468 g/mol. The predicted molar refractivity (Wildman–Crippen MR) is 137 cm³/mol. The van der Waals surface area contributed by atoms with Gasteiger partial charge >= 0.3 is 6.09 Å². The highest BCUT2D eigenvalue weighted by Crippen LogP contribution is 2.34. The summed E-state index contributed by atoms with van der Waals surface area (Å²) in [7, 11) is 3.38. The average Bonchev–Trinajstić information content (AvgIpc) is 2.90. The zero-order chi connectivity index (χ0) is 24.2. The van der Waals surface area contributed by atoms with Gasteiger partial charge in [0.05, 0.1) is 13.2 Å². The number of carbonyl (C=O) groups is 1. The highest BCUT2D eigenvalue weighted by Gasteiger charge is 2.27. The molecule has 1 saturated carbocycles. The molecule has 4 rings (SSSR count). The molecular weight excluding hydrogens is 426 g/mol. The van der Waals surface area contributed by atoms with Crippen molar-refractivity contribution in [3.8, 4) is 5.75 Å². The van der Waals surface area contributed by atoms with Gasteiger partial charge in [-0.25, -0.2) is 4.79 Å². The summed E-state index contributed by atoms with van der Waals surface area (Å²) in [6.07, 6.45) is 14.4. The summed E-state index contributed by atoms with van der Waals surface area (Å²) in [5, 5.41) is 9.49. The number of para-hydroxylation sites is 1. The quantitative estimate of drug-likeness (QED) is 0.555. The van der Waals surface area contributed by atoms with Crippen molar-refractivity contribution in [3.05, 3.63) is 59.9 Å². The Bertz CT molecular complexity index is 837. The molecule has 2 heterocycles. The Morgan fingerprint density at radius 1 is 1.06 bits per heavy atom. The van der Waals surface area contributed by atoms with Crippen LogP contribution >= 0.6 is 0 Å². The van der Waals surface area contributed by atoms with Crippen LogP contribution in [0.25, 0.3) is 0 Å². The van der Waals surface area contributed by atoms with Gasteiger partial charge in [0.1, 0.15) is 5.75 Å². The minimum Gasteiger partial charge on any atom is -0.496 e. The van der Waals surface area contributed by atoms with Crippen LogP contribution in [0, 0.1) is 0 Å². The summed E-state index contributed by atoms with van der Waals surface area (Å²) >= 11 is 0. The lowest BCUT2D eigenvalue weighted by molar-refractivity contribution is 0.112. The molecule has 0 bridgehead atoms. The second kappa shape index (κ2) is 14.0. The van der Waals surface area contributed by atoms with Crippen LogP contribution in [0.15, 0.2) is 48.8 Å². The molecule has 6 heteroatoms. The third-order valence-corrected chi connectivity index (χ3v) is 7.21. The highest BCUT2D eigenvalue weighted by molar-refractivity contribution is 5.65. The maximum atomic E-state index is 11.6. The Hall–Kier alpha value is -2.60. The molecule has 186 valence electrons. The lowest BCUT2D eigenvalue weighted by atomic mass is 9.88. The van der Waals surface area contributed by atoms with Crippen molar-refractivity contribution in [1.29, 1.82) is 0 Å². The van der Waals surface area contributed by atoms with Crippen LogP contribution < -0.4 is 4.74 Å². The lowest BCUT2D eigenvalue weighted by Gasteiger charge is -2.37. The van der Waals surface area contributed by atoms with Crippen LogP contribution in [0.3, 0.4) is 0 Å². The van der Waals surface area contributed by atoms with Gasteiger partial charge in [0, 0.05) is 26.0 Å². The maximum absolute atomic E-state index is 11.6. The van der Waals surface area contributed by atoms with Gasteiger partial charge in [-0.05, 0) is 67.6 Å². The number of hydrogen-bond acceptors (Lipinski definition) is 4. The van der Waals surface area contributed by atoms with Gasteiger partial charge in [-0.2, -0.15) is 0 Å². The number of aromatic nitrogens is 1. The molecule has 1 aliphatic carbocycles. The minimum absolute atomic E-state index is 0.0808. The van der Waals surface area contributed by atoms with E-state index in [1.807, 2.05) is 24.3 Å². The standard InChI is InChI=1S/C22H29N3O3.C6H12/c1-24(22(26)27)19(15-17-7-11-23-12-8-17)16-25-13-9-18(10-14-25)20-5-3-4-6-21(20)28-2;1-2-4-6-5-3-1/h3-8,11-12,18-19H,9-10,13-16H2,1-2H3,(H,26,27);1-6H2/t19-;/m1./s1. The second-order valence-corrected chi connectivity index (χ2v) is 9.55. The number of carboxylic acid groups (broad SMARTS) is 1. The Morgan fingerprint density at radius 2 is 1.65 bits per heavy atom. The van der Waals surface area contributed by atoms with E-state index in [9.17, 15) is 9.90 Å². The van der Waals surface area contributed by atoms with E-state index in [-0.39, 0.29) is 6.04 Å². The first kappa shape index (κ1) is 26.0. The van der Waals surface area contributed by atoms with Gasteiger partial charge in [0.2, 0.25) is 0 Å². The number of likely N-dealkylation sites (N-methyl/N-ethyl adjacent to an activating group) is 1. The van der Waals surface area contributed by atoms with Crippen molar-refractivity contribution in [2.24, 2.45) is 0 Å². The van der Waals surface area contributed by atoms with E-state index < -0.39 is 6.09 Å². The molecule has 34 heavy (non-hydrogen) atoms. The van der Waals surface area contributed by atoms with Gasteiger partial charge in [-0.15, -0.1) is 0 Å². The number of benzene rings is 1. The topological polar surface area (TPSA) is 65.9 Å². The van der Waals surface area contributed by atoms with Gasteiger partial charge in [0.15, 0.2) is 0 Å². The number of methoxy groups -OCH3 is 1. The molecule has 0 unspecified atom stereocenters. The molecule has 1 N–H and O–H groups in total. The molecule has 1 aromatic carbocycles. The molecule has 1 aliphatic heterocycles. The lowest BCUT2D eigenvalue weighted by Crippen LogP contribution is -2.47. The van der Waals surface area contributed by atoms with Crippen LogP contribution in [0.5, 0.6) is 5.75 Å². The van der Waals surface area contributed by atoms with Crippen LogP contribution in [-0.4, -0.2) is 65.8 Å². The number of likely N-dealkylation sites (tertiary alicyclic amines) is 1. The molecular formula is C28H41N3O3. The number of rotatable bonds is 7. The monoisotopic (exact) mass is 467 g/mol. The molecule has 2 fully saturated rings. The predicted octanol–water partition coefficient (Wildman–Crippen LogP) is 5.83. The molecule has 0 spiro atoms. The second-order valence-electron chi connectivity index (χ2n) is 9.55. The van der Waals surface area contributed by atoms with E-state index in [0.29, 0.717) is 12.3 Å². The van der Waals surface area contributed by atoms with Crippen molar-refractivity contribution in [2.75, 3.05) is 33.8 Å². The zero-order valence-electron chi connectivity index (χ0n) is 20.9. The number of piperidine rings is 1. The Morgan fingerprint density at radius 3 is 2.21 bits per heavy atom. The first-order valence-electron chi connectivity index (χ1n) is 12.8. The molecule has 1 atom stereocenters. The summed E-state index contributed by atoms with van der Waals surface area (Å²) in [5.74, 6) is 1.45. The molecule has 1 amide bonds. The molecule has 2 aromatic rings. The smallest absolute Gasteiger partial charge is 0.407 e. The van der Waals surface area contributed by atoms with Crippen LogP contribution in [-0.2, 0) is 6.42 Å². The first-order valence-corrected chi connectivity index (χ1v) is 12.8. The van der Waals surface area contributed by atoms with Crippen LogP contribution in [0.1, 0.15) is 68.4 Å². The number of pyridine rings is 1. The van der Waals surface area contributed by atoms with E-state index in [1.54, 1.807) is 26.6 Å². The van der Waals surface area contributed by atoms with Crippen molar-refractivity contribution in [3.63, 3.8) is 0 Å². The summed E-state index contributed by atoms with van der Waals surface area (Å²) in [6.45, 7) is 2.66. The van der Waals surface area contributed by atoms with E-state index in [4.69, 9.17) is 4.74 Å². The normalized spacial score (nSPS) is 17.8. The van der Waals surface area contributed by atoms with Gasteiger partial charge in [-0.1, -0.05) is 56.7 Å². The highest BCUT2D eigenvalue weighted by atomic mass is 16.5. The number of nitrogens with zero attached hydrogens (tertiary/aromatic N) is 3. The number of hydrogen-bond donors (Lipinski definition) is 1. The van der Waals surface area contributed by atoms with E-state index in [1.165, 1.54) is 49.0 Å². The van der Waals surface area contributed by atoms with Crippen molar-refractivity contribution >= 4 is 6.09 Å². The summed E-state index contributed by atoms with van der Waals surface area (Å²) in [6, 6.07) is 12.1. The van der Waals surface area contributed by atoms with Gasteiger partial charge < -0.3 is 19.6 Å². The number of ether oxygens (including phenoxy) is 1. The van der Waals surface area contributed by atoms with E-state index in [0.717, 1.165) is 43.8 Å². The van der Waals surface area contributed by atoms with Crippen molar-refractivity contribution in [2.45, 2.75) is 69.7 Å². The molecule has 6 nitrogen and oxygen atoms in total. The third kappa shape index (κ3) is 8.01. The van der Waals surface area contributed by atoms with Crippen LogP contribution in [0.4, 0.5) is 4.79 Å². The van der Waals surface area contributed by atoms with Gasteiger partial charge in [0.25, 0.3) is 0 Å². The minimum atomic E-state index is -0.886. The largest absolute Gasteiger partial charge is 0.496 e. The Balaban J connectivity index is 0.000000469. The van der Waals surface area contributed by atoms with Crippen molar-refractivity contribution in [1.82, 2.24) is 14.8 Å². The van der Waals surface area contributed by atoms with Crippen LogP contribution in [0.2, 0.25) is 0 Å². The molecule has 0 radical (unpaired) electrons. The first-order chi connectivity index (χ1) is 16.6. The molecule has 2 aliphatic rings. The summed E-state index contributed by atoms with van der Waals surface area (Å²) < 4.78 is 5.52. The fourth-order valence-corrected chi connectivity index (χ4v) is 5.06. The fraction of sp³-hybridized carbons (Fsp3) is 0.571. The molecule has 1 saturated heterocycles. The Kier molecular flexibility index (Phi) is 10.7. The third-order valence-electron chi connectivity index (χ3n) is 7.21.